The number of aromatic nitrogens is 1. The summed E-state index contributed by atoms with van der Waals surface area (Å²) in [4.78, 5) is 10.2. The molecule has 1 aromatic heterocycles. The van der Waals surface area contributed by atoms with Crippen molar-refractivity contribution >= 4 is 5.82 Å². The second kappa shape index (κ2) is 5.70. The first-order valence-electron chi connectivity index (χ1n) is 10.4. The van der Waals surface area contributed by atoms with Crippen molar-refractivity contribution in [3.63, 3.8) is 0 Å². The Labute approximate surface area is 152 Å². The van der Waals surface area contributed by atoms with Crippen molar-refractivity contribution in [2.75, 3.05) is 31.1 Å². The van der Waals surface area contributed by atoms with Crippen molar-refractivity contribution in [1.82, 2.24) is 9.88 Å². The number of nitrogens with zero attached hydrogens (tertiary/aromatic N) is 3. The van der Waals surface area contributed by atoms with E-state index in [2.05, 4.69) is 48.9 Å². The van der Waals surface area contributed by atoms with Crippen molar-refractivity contribution in [2.24, 2.45) is 23.7 Å². The highest BCUT2D eigenvalue weighted by Crippen LogP contribution is 2.48. The van der Waals surface area contributed by atoms with Crippen LogP contribution in [0.25, 0.3) is 0 Å². The Morgan fingerprint density at radius 2 is 1.68 bits per heavy atom. The molecule has 0 radical (unpaired) electrons. The Morgan fingerprint density at radius 3 is 2.20 bits per heavy atom. The van der Waals surface area contributed by atoms with E-state index in [-0.39, 0.29) is 5.41 Å². The molecule has 3 heteroatoms. The third-order valence-electron chi connectivity index (χ3n) is 7.62. The van der Waals surface area contributed by atoms with Gasteiger partial charge in [0, 0.05) is 38.4 Å². The zero-order chi connectivity index (χ0) is 17.2. The fourth-order valence-electron chi connectivity index (χ4n) is 6.16. The maximum absolute atomic E-state index is 4.79. The Kier molecular flexibility index (Phi) is 3.68. The lowest BCUT2D eigenvalue weighted by Gasteiger charge is -2.32. The minimum Gasteiger partial charge on any atom is -0.356 e. The largest absolute Gasteiger partial charge is 0.356 e. The van der Waals surface area contributed by atoms with E-state index in [1.54, 1.807) is 0 Å². The molecular weight excluding hydrogens is 306 g/mol. The highest BCUT2D eigenvalue weighted by molar-refractivity contribution is 5.42. The lowest BCUT2D eigenvalue weighted by Crippen LogP contribution is -2.39. The first-order valence-corrected chi connectivity index (χ1v) is 10.4. The molecule has 2 saturated heterocycles. The van der Waals surface area contributed by atoms with Crippen LogP contribution < -0.4 is 4.90 Å². The molecule has 3 heterocycles. The molecule has 0 spiro atoms. The Bertz CT molecular complexity index is 618. The van der Waals surface area contributed by atoms with Gasteiger partial charge in [-0.15, -0.1) is 0 Å². The van der Waals surface area contributed by atoms with Crippen molar-refractivity contribution in [3.05, 3.63) is 23.9 Å². The number of hydrogen-bond donors (Lipinski definition) is 0. The third-order valence-corrected chi connectivity index (χ3v) is 7.62. The second-order valence-corrected chi connectivity index (χ2v) is 10.3. The summed E-state index contributed by atoms with van der Waals surface area (Å²) in [5.41, 5.74) is 1.52. The van der Waals surface area contributed by atoms with Crippen LogP contribution in [0, 0.1) is 23.7 Å². The smallest absolute Gasteiger partial charge is 0.128 e. The summed E-state index contributed by atoms with van der Waals surface area (Å²) in [7, 11) is 0. The zero-order valence-corrected chi connectivity index (χ0v) is 16.1. The van der Waals surface area contributed by atoms with Gasteiger partial charge in [-0.3, -0.25) is 4.90 Å². The topological polar surface area (TPSA) is 19.4 Å². The van der Waals surface area contributed by atoms with Crippen LogP contribution >= 0.6 is 0 Å². The summed E-state index contributed by atoms with van der Waals surface area (Å²) < 4.78 is 0. The van der Waals surface area contributed by atoms with Crippen molar-refractivity contribution in [2.45, 2.75) is 57.9 Å². The van der Waals surface area contributed by atoms with Crippen LogP contribution in [0.5, 0.6) is 0 Å². The number of rotatable bonds is 2. The Hall–Kier alpha value is -1.09. The molecule has 2 aliphatic heterocycles. The van der Waals surface area contributed by atoms with Gasteiger partial charge >= 0.3 is 0 Å². The summed E-state index contributed by atoms with van der Waals surface area (Å²) in [6.07, 6.45) is 8.16. The standard InChI is InChI=1S/C22H33N3/c1-22(2,3)19-6-7-21(23-10-19)25-13-17-11-24(12-18(17)14-25)20-9-15-4-5-16(20)8-15/h6-7,10,15-18,20H,4-5,8-9,11-14H2,1-3H3. The maximum Gasteiger partial charge on any atom is 0.128 e. The monoisotopic (exact) mass is 339 g/mol. The quantitative estimate of drug-likeness (QED) is 0.814. The van der Waals surface area contributed by atoms with Gasteiger partial charge in [0.2, 0.25) is 0 Å². The maximum atomic E-state index is 4.79. The summed E-state index contributed by atoms with van der Waals surface area (Å²) in [5.74, 6) is 5.02. The second-order valence-electron chi connectivity index (χ2n) is 10.3. The summed E-state index contributed by atoms with van der Waals surface area (Å²) in [6.45, 7) is 11.9. The molecule has 0 amide bonds. The highest BCUT2D eigenvalue weighted by Gasteiger charge is 2.48. The van der Waals surface area contributed by atoms with Gasteiger partial charge in [0.25, 0.3) is 0 Å². The number of likely N-dealkylation sites (tertiary alicyclic amines) is 1. The van der Waals surface area contributed by atoms with Gasteiger partial charge in [0.15, 0.2) is 0 Å². The van der Waals surface area contributed by atoms with Crippen LogP contribution in [0.15, 0.2) is 18.3 Å². The van der Waals surface area contributed by atoms with Gasteiger partial charge in [-0.1, -0.05) is 33.3 Å². The first-order chi connectivity index (χ1) is 12.0. The fraction of sp³-hybridized carbons (Fsp3) is 0.773. The molecule has 2 bridgehead atoms. The SMILES string of the molecule is CC(C)(C)c1ccc(N2CC3CN(C4CC5CCC4C5)CC3C2)nc1. The molecule has 5 unspecified atom stereocenters. The number of anilines is 1. The molecule has 4 fully saturated rings. The summed E-state index contributed by atoms with van der Waals surface area (Å²) in [5, 5.41) is 0. The van der Waals surface area contributed by atoms with Crippen LogP contribution in [-0.2, 0) is 5.41 Å². The minimum absolute atomic E-state index is 0.189. The van der Waals surface area contributed by atoms with Gasteiger partial charge < -0.3 is 4.90 Å². The van der Waals surface area contributed by atoms with Crippen LogP contribution in [0.1, 0.15) is 52.0 Å². The molecule has 2 aliphatic carbocycles. The normalized spacial score (nSPS) is 37.9. The van der Waals surface area contributed by atoms with Crippen LogP contribution in [-0.4, -0.2) is 42.1 Å². The van der Waals surface area contributed by atoms with Gasteiger partial charge in [-0.2, -0.15) is 0 Å². The fourth-order valence-corrected chi connectivity index (χ4v) is 6.16. The molecule has 2 saturated carbocycles. The van der Waals surface area contributed by atoms with E-state index < -0.39 is 0 Å². The molecule has 3 nitrogen and oxygen atoms in total. The molecule has 1 aromatic rings. The molecule has 5 atom stereocenters. The van der Waals surface area contributed by atoms with Gasteiger partial charge in [-0.25, -0.2) is 4.98 Å². The van der Waals surface area contributed by atoms with Crippen molar-refractivity contribution in [3.8, 4) is 0 Å². The minimum atomic E-state index is 0.189. The zero-order valence-electron chi connectivity index (χ0n) is 16.1. The Morgan fingerprint density at radius 1 is 0.920 bits per heavy atom. The molecular formula is C22H33N3. The number of pyridine rings is 1. The van der Waals surface area contributed by atoms with Crippen molar-refractivity contribution < 1.29 is 0 Å². The van der Waals surface area contributed by atoms with E-state index in [0.29, 0.717) is 0 Å². The average molecular weight is 340 g/mol. The van der Waals surface area contributed by atoms with E-state index in [1.807, 2.05) is 0 Å². The van der Waals surface area contributed by atoms with E-state index in [1.165, 1.54) is 63.2 Å². The van der Waals surface area contributed by atoms with E-state index in [4.69, 9.17) is 4.98 Å². The highest BCUT2D eigenvalue weighted by atomic mass is 15.3. The number of hydrogen-bond acceptors (Lipinski definition) is 3. The van der Waals surface area contributed by atoms with Gasteiger partial charge in [0.05, 0.1) is 0 Å². The van der Waals surface area contributed by atoms with Crippen molar-refractivity contribution in [1.29, 1.82) is 0 Å². The van der Waals surface area contributed by atoms with E-state index in [0.717, 1.165) is 29.7 Å². The first kappa shape index (κ1) is 16.1. The lowest BCUT2D eigenvalue weighted by molar-refractivity contribution is 0.165. The molecule has 4 aliphatic rings. The molecule has 25 heavy (non-hydrogen) atoms. The molecule has 136 valence electrons. The third kappa shape index (κ3) is 2.79. The Balaban J connectivity index is 1.22. The van der Waals surface area contributed by atoms with E-state index >= 15 is 0 Å². The van der Waals surface area contributed by atoms with Gasteiger partial charge in [-0.05, 0) is 60.0 Å². The van der Waals surface area contributed by atoms with Crippen LogP contribution in [0.3, 0.4) is 0 Å². The van der Waals surface area contributed by atoms with Crippen LogP contribution in [0.4, 0.5) is 5.82 Å². The molecule has 0 aromatic carbocycles. The predicted octanol–water partition coefficient (Wildman–Crippen LogP) is 3.94. The summed E-state index contributed by atoms with van der Waals surface area (Å²) >= 11 is 0. The summed E-state index contributed by atoms with van der Waals surface area (Å²) in [6, 6.07) is 5.45. The van der Waals surface area contributed by atoms with E-state index in [9.17, 15) is 0 Å². The van der Waals surface area contributed by atoms with Crippen LogP contribution in [0.2, 0.25) is 0 Å². The molecule has 0 N–H and O–H groups in total. The number of fused-ring (bicyclic) bond motifs is 3. The average Bonchev–Trinajstić information content (AvgIpc) is 3.33. The van der Waals surface area contributed by atoms with Gasteiger partial charge in [0.1, 0.15) is 5.82 Å². The predicted molar refractivity (Wildman–Crippen MR) is 103 cm³/mol. The molecule has 5 rings (SSSR count). The lowest BCUT2D eigenvalue weighted by atomic mass is 9.88.